The molecule has 28 heavy (non-hydrogen) atoms. The van der Waals surface area contributed by atoms with Crippen LogP contribution in [0.4, 0.5) is 5.69 Å². The lowest BCUT2D eigenvalue weighted by atomic mass is 10.1. The number of hydrogen-bond acceptors (Lipinski definition) is 4. The van der Waals surface area contributed by atoms with Crippen molar-refractivity contribution in [2.75, 3.05) is 18.5 Å². The van der Waals surface area contributed by atoms with Crippen LogP contribution >= 0.6 is 11.3 Å². The molecule has 2 heterocycles. The molecule has 1 aliphatic heterocycles. The van der Waals surface area contributed by atoms with Crippen molar-refractivity contribution in [3.63, 3.8) is 0 Å². The van der Waals surface area contributed by atoms with Crippen LogP contribution in [0.5, 0.6) is 5.75 Å². The summed E-state index contributed by atoms with van der Waals surface area (Å²) in [5, 5.41) is 4.91. The quantitative estimate of drug-likeness (QED) is 0.715. The van der Waals surface area contributed by atoms with Gasteiger partial charge in [-0.3, -0.25) is 9.59 Å². The monoisotopic (exact) mass is 392 g/mol. The van der Waals surface area contributed by atoms with Gasteiger partial charge in [0.25, 0.3) is 11.8 Å². The molecule has 1 aromatic heterocycles. The van der Waals surface area contributed by atoms with Crippen molar-refractivity contribution < 1.29 is 14.3 Å². The first-order chi connectivity index (χ1) is 13.7. The Morgan fingerprint density at radius 3 is 2.68 bits per heavy atom. The summed E-state index contributed by atoms with van der Waals surface area (Å²) in [4.78, 5) is 28.3. The van der Waals surface area contributed by atoms with Crippen molar-refractivity contribution in [3.05, 3.63) is 82.0 Å². The molecule has 0 bridgehead atoms. The van der Waals surface area contributed by atoms with Gasteiger partial charge in [-0.15, -0.1) is 11.3 Å². The van der Waals surface area contributed by atoms with Crippen LogP contribution in [0.15, 0.2) is 66.0 Å². The van der Waals surface area contributed by atoms with Crippen molar-refractivity contribution in [2.24, 2.45) is 0 Å². The summed E-state index contributed by atoms with van der Waals surface area (Å²) >= 11 is 1.74. The number of nitrogens with zero attached hydrogens (tertiary/aromatic N) is 1. The van der Waals surface area contributed by atoms with Gasteiger partial charge >= 0.3 is 0 Å². The number of benzene rings is 2. The molecule has 0 saturated heterocycles. The van der Waals surface area contributed by atoms with Gasteiger partial charge in [-0.1, -0.05) is 30.3 Å². The average Bonchev–Trinajstić information content (AvgIpc) is 3.21. The van der Waals surface area contributed by atoms with Gasteiger partial charge in [-0.2, -0.15) is 0 Å². The molecule has 0 unspecified atom stereocenters. The zero-order valence-electron chi connectivity index (χ0n) is 15.3. The van der Waals surface area contributed by atoms with Gasteiger partial charge < -0.3 is 15.0 Å². The lowest BCUT2D eigenvalue weighted by Gasteiger charge is -2.27. The van der Waals surface area contributed by atoms with Crippen LogP contribution < -0.4 is 10.1 Å². The molecule has 142 valence electrons. The van der Waals surface area contributed by atoms with Gasteiger partial charge in [-0.05, 0) is 47.7 Å². The number of hydrogen-bond donors (Lipinski definition) is 1. The number of rotatable bonds is 5. The van der Waals surface area contributed by atoms with Crippen molar-refractivity contribution in [2.45, 2.75) is 13.0 Å². The van der Waals surface area contributed by atoms with E-state index in [0.717, 1.165) is 6.42 Å². The molecule has 5 nitrogen and oxygen atoms in total. The van der Waals surface area contributed by atoms with Crippen molar-refractivity contribution in [3.8, 4) is 5.75 Å². The smallest absolute Gasteiger partial charge is 0.260 e. The molecular formula is C22H20N2O3S. The summed E-state index contributed by atoms with van der Waals surface area (Å²) < 4.78 is 5.73. The molecular weight excluding hydrogens is 372 g/mol. The van der Waals surface area contributed by atoms with Crippen molar-refractivity contribution >= 4 is 28.8 Å². The minimum atomic E-state index is -0.268. The maximum Gasteiger partial charge on any atom is 0.260 e. The van der Waals surface area contributed by atoms with Crippen LogP contribution in [-0.2, 0) is 17.8 Å². The van der Waals surface area contributed by atoms with Gasteiger partial charge in [-0.25, -0.2) is 0 Å². The molecule has 0 spiro atoms. The molecule has 2 aromatic carbocycles. The van der Waals surface area contributed by atoms with Gasteiger partial charge in [0.1, 0.15) is 5.75 Å². The lowest BCUT2D eigenvalue weighted by Crippen LogP contribution is -2.38. The molecule has 2 amide bonds. The number of carbonyl (C=O) groups is 2. The fourth-order valence-electron chi connectivity index (χ4n) is 3.19. The highest BCUT2D eigenvalue weighted by molar-refractivity contribution is 7.10. The summed E-state index contributed by atoms with van der Waals surface area (Å²) in [5.41, 5.74) is 2.32. The lowest BCUT2D eigenvalue weighted by molar-refractivity contribution is -0.134. The molecule has 0 saturated carbocycles. The number of fused-ring (bicyclic) bond motifs is 1. The number of para-hydroxylation sites is 2. The highest BCUT2D eigenvalue weighted by Crippen LogP contribution is 2.24. The second kappa shape index (κ2) is 8.27. The zero-order chi connectivity index (χ0) is 19.3. The molecule has 0 radical (unpaired) electrons. The van der Waals surface area contributed by atoms with Gasteiger partial charge in [0, 0.05) is 23.7 Å². The number of amides is 2. The molecule has 1 aliphatic rings. The minimum Gasteiger partial charge on any atom is -0.483 e. The Kier molecular flexibility index (Phi) is 5.39. The van der Waals surface area contributed by atoms with E-state index in [1.807, 2.05) is 35.2 Å². The van der Waals surface area contributed by atoms with E-state index in [0.29, 0.717) is 30.1 Å². The standard InChI is InChI=1S/C22H20N2O3S/c25-21(24-12-10-20-16(14-24)11-13-28-20)15-27-19-9-5-4-8-18(19)22(26)23-17-6-2-1-3-7-17/h1-9,11,13H,10,12,14-15H2,(H,23,26). The van der Waals surface area contributed by atoms with E-state index in [9.17, 15) is 9.59 Å². The first-order valence-electron chi connectivity index (χ1n) is 9.12. The first-order valence-corrected chi connectivity index (χ1v) is 10.00. The average molecular weight is 392 g/mol. The number of anilines is 1. The van der Waals surface area contributed by atoms with Gasteiger partial charge in [0.05, 0.1) is 5.56 Å². The van der Waals surface area contributed by atoms with Crippen molar-refractivity contribution in [1.82, 2.24) is 4.90 Å². The Morgan fingerprint density at radius 1 is 1.04 bits per heavy atom. The van der Waals surface area contributed by atoms with Gasteiger partial charge in [0.2, 0.25) is 0 Å². The summed E-state index contributed by atoms with van der Waals surface area (Å²) in [7, 11) is 0. The third kappa shape index (κ3) is 4.07. The Bertz CT molecular complexity index is 984. The van der Waals surface area contributed by atoms with Crippen LogP contribution in [0.2, 0.25) is 0 Å². The SMILES string of the molecule is O=C(Nc1ccccc1)c1ccccc1OCC(=O)N1CCc2sccc2C1. The summed E-state index contributed by atoms with van der Waals surface area (Å²) in [6.45, 7) is 1.23. The molecule has 0 fully saturated rings. The maximum absolute atomic E-state index is 12.6. The molecule has 1 N–H and O–H groups in total. The van der Waals surface area contributed by atoms with E-state index >= 15 is 0 Å². The number of carbonyl (C=O) groups excluding carboxylic acids is 2. The summed E-state index contributed by atoms with van der Waals surface area (Å²) in [6, 6.07) is 18.3. The molecule has 0 aliphatic carbocycles. The minimum absolute atomic E-state index is 0.0740. The normalized spacial score (nSPS) is 12.9. The zero-order valence-corrected chi connectivity index (χ0v) is 16.1. The number of nitrogens with one attached hydrogen (secondary N) is 1. The van der Waals surface area contributed by atoms with E-state index < -0.39 is 0 Å². The highest BCUT2D eigenvalue weighted by atomic mass is 32.1. The Hall–Kier alpha value is -3.12. The van der Waals surface area contributed by atoms with E-state index in [2.05, 4.69) is 16.8 Å². The van der Waals surface area contributed by atoms with E-state index in [-0.39, 0.29) is 18.4 Å². The van der Waals surface area contributed by atoms with Crippen LogP contribution in [0.25, 0.3) is 0 Å². The fourth-order valence-corrected chi connectivity index (χ4v) is 4.08. The third-order valence-electron chi connectivity index (χ3n) is 4.67. The van der Waals surface area contributed by atoms with Crippen LogP contribution in [0.3, 0.4) is 0 Å². The van der Waals surface area contributed by atoms with E-state index in [1.54, 1.807) is 35.6 Å². The topological polar surface area (TPSA) is 58.6 Å². The summed E-state index contributed by atoms with van der Waals surface area (Å²) in [6.07, 6.45) is 0.884. The largest absolute Gasteiger partial charge is 0.483 e. The predicted molar refractivity (Wildman–Crippen MR) is 110 cm³/mol. The molecule has 3 aromatic rings. The Labute approximate surface area is 167 Å². The molecule has 6 heteroatoms. The first kappa shape index (κ1) is 18.3. The third-order valence-corrected chi connectivity index (χ3v) is 5.70. The molecule has 4 rings (SSSR count). The number of thiophene rings is 1. The van der Waals surface area contributed by atoms with E-state index in [1.165, 1.54) is 10.4 Å². The van der Waals surface area contributed by atoms with Crippen LogP contribution in [0, 0.1) is 0 Å². The maximum atomic E-state index is 12.6. The summed E-state index contributed by atoms with van der Waals surface area (Å²) in [5.74, 6) is 0.0581. The fraction of sp³-hybridized carbons (Fsp3) is 0.182. The van der Waals surface area contributed by atoms with Crippen LogP contribution in [-0.4, -0.2) is 29.9 Å². The Balaban J connectivity index is 1.40. The van der Waals surface area contributed by atoms with Crippen molar-refractivity contribution in [1.29, 1.82) is 0 Å². The van der Waals surface area contributed by atoms with E-state index in [4.69, 9.17) is 4.74 Å². The van der Waals surface area contributed by atoms with Crippen LogP contribution in [0.1, 0.15) is 20.8 Å². The second-order valence-electron chi connectivity index (χ2n) is 6.54. The molecule has 0 atom stereocenters. The van der Waals surface area contributed by atoms with Gasteiger partial charge in [0.15, 0.2) is 6.61 Å². The Morgan fingerprint density at radius 2 is 1.82 bits per heavy atom. The highest BCUT2D eigenvalue weighted by Gasteiger charge is 2.22. The second-order valence-corrected chi connectivity index (χ2v) is 7.54. The predicted octanol–water partition coefficient (Wildman–Crippen LogP) is 3.96. The number of ether oxygens (including phenoxy) is 1.